The number of piperidine rings is 1. The number of ether oxygens (including phenoxy) is 3. The molecule has 1 saturated heterocycles. The Morgan fingerprint density at radius 3 is 2.45 bits per heavy atom. The van der Waals surface area contributed by atoms with Crippen molar-refractivity contribution in [2.45, 2.75) is 78.6 Å². The van der Waals surface area contributed by atoms with Gasteiger partial charge in [-0.2, -0.15) is 5.10 Å². The maximum atomic E-state index is 12.9. The van der Waals surface area contributed by atoms with Crippen LogP contribution in [0.4, 0.5) is 5.69 Å². The molecule has 1 fully saturated rings. The van der Waals surface area contributed by atoms with Crippen molar-refractivity contribution in [1.29, 1.82) is 0 Å². The molecule has 0 amide bonds. The molecule has 2 aromatic heterocycles. The Hall–Kier alpha value is -4.40. The Kier molecular flexibility index (Phi) is 10.7. The average Bonchev–Trinajstić information content (AvgIpc) is 3.49. The number of fused-ring (bicyclic) bond motifs is 1. The van der Waals surface area contributed by atoms with E-state index in [-0.39, 0.29) is 11.5 Å². The fourth-order valence-electron chi connectivity index (χ4n) is 6.38. The summed E-state index contributed by atoms with van der Waals surface area (Å²) < 4.78 is 20.5. The van der Waals surface area contributed by atoms with E-state index >= 15 is 0 Å². The molecule has 0 saturated carbocycles. The van der Waals surface area contributed by atoms with Crippen molar-refractivity contribution >= 4 is 17.2 Å². The largest absolute Gasteiger partial charge is 0.492 e. The lowest BCUT2D eigenvalue weighted by Gasteiger charge is -2.41. The van der Waals surface area contributed by atoms with E-state index in [0.29, 0.717) is 31.9 Å². The zero-order valence-electron chi connectivity index (χ0n) is 30.1. The van der Waals surface area contributed by atoms with Crippen LogP contribution in [-0.4, -0.2) is 58.2 Å². The number of carboxylic acids is 1. The first-order valence-electron chi connectivity index (χ1n) is 17.1. The van der Waals surface area contributed by atoms with Gasteiger partial charge in [-0.15, -0.1) is 13.2 Å². The van der Waals surface area contributed by atoms with Crippen LogP contribution in [-0.2, 0) is 14.3 Å². The van der Waals surface area contributed by atoms with Crippen molar-refractivity contribution < 1.29 is 24.1 Å². The molecule has 3 heterocycles. The van der Waals surface area contributed by atoms with Crippen molar-refractivity contribution in [2.24, 2.45) is 5.92 Å². The fourth-order valence-corrected chi connectivity index (χ4v) is 6.38. The van der Waals surface area contributed by atoms with Gasteiger partial charge in [0, 0.05) is 41.9 Å². The molecule has 0 radical (unpaired) electrons. The zero-order valence-corrected chi connectivity index (χ0v) is 30.1. The van der Waals surface area contributed by atoms with Crippen molar-refractivity contribution in [2.75, 3.05) is 31.2 Å². The average molecular weight is 666 g/mol. The highest BCUT2D eigenvalue weighted by atomic mass is 16.5. The summed E-state index contributed by atoms with van der Waals surface area (Å²) in [5, 5.41) is 15.6. The van der Waals surface area contributed by atoms with Crippen LogP contribution in [0.2, 0.25) is 0 Å². The topological polar surface area (TPSA) is 85.5 Å². The van der Waals surface area contributed by atoms with Crippen molar-refractivity contribution in [3.8, 4) is 28.1 Å². The number of aromatic nitrogens is 2. The number of rotatable bonds is 13. The second-order valence-electron chi connectivity index (χ2n) is 14.5. The molecular weight excluding hydrogens is 614 g/mol. The Balaban J connectivity index is 1.62. The molecule has 2 atom stereocenters. The van der Waals surface area contributed by atoms with E-state index in [4.69, 9.17) is 19.3 Å². The number of hydrogen-bond donors (Lipinski definition) is 1. The first kappa shape index (κ1) is 35.9. The SMILES string of the molecule is C=CCOC1(C)CCN(c2c(C(OC(C)(C)C)C(=O)O)c(C)cn3nc(-c4cccc(-c5cc(C)ccc5OCC(C)C=C)c4)cc23)CC1. The molecule has 49 heavy (non-hydrogen) atoms. The van der Waals surface area contributed by atoms with Crippen molar-refractivity contribution in [3.63, 3.8) is 0 Å². The molecule has 2 unspecified atom stereocenters. The molecule has 1 aliphatic heterocycles. The Morgan fingerprint density at radius 1 is 1.08 bits per heavy atom. The molecule has 8 heteroatoms. The lowest BCUT2D eigenvalue weighted by molar-refractivity contribution is -0.160. The maximum Gasteiger partial charge on any atom is 0.337 e. The molecule has 260 valence electrons. The van der Waals surface area contributed by atoms with E-state index in [1.165, 1.54) is 0 Å². The Morgan fingerprint density at radius 2 is 1.80 bits per heavy atom. The third kappa shape index (κ3) is 8.26. The van der Waals surface area contributed by atoms with E-state index in [0.717, 1.165) is 63.3 Å². The van der Waals surface area contributed by atoms with Gasteiger partial charge in [0.15, 0.2) is 6.10 Å². The summed E-state index contributed by atoms with van der Waals surface area (Å²) in [5.41, 5.74) is 7.08. The maximum absolute atomic E-state index is 12.9. The Bertz CT molecular complexity index is 1830. The first-order valence-corrected chi connectivity index (χ1v) is 17.1. The minimum Gasteiger partial charge on any atom is -0.492 e. The quantitative estimate of drug-likeness (QED) is 0.143. The summed E-state index contributed by atoms with van der Waals surface area (Å²) in [6.07, 6.45) is 6.00. The van der Waals surface area contributed by atoms with Crippen LogP contribution in [0.25, 0.3) is 27.9 Å². The monoisotopic (exact) mass is 665 g/mol. The number of hydrogen-bond acceptors (Lipinski definition) is 6. The lowest BCUT2D eigenvalue weighted by atomic mass is 9.91. The minimum absolute atomic E-state index is 0.226. The number of nitrogens with zero attached hydrogens (tertiary/aromatic N) is 3. The van der Waals surface area contributed by atoms with Gasteiger partial charge in [0.05, 0.1) is 41.3 Å². The highest BCUT2D eigenvalue weighted by molar-refractivity contribution is 5.87. The first-order chi connectivity index (χ1) is 23.2. The molecule has 0 bridgehead atoms. The predicted molar refractivity (Wildman–Crippen MR) is 198 cm³/mol. The number of pyridine rings is 1. The van der Waals surface area contributed by atoms with Crippen molar-refractivity contribution in [1.82, 2.24) is 9.61 Å². The van der Waals surface area contributed by atoms with Gasteiger partial charge in [-0.05, 0) is 89.8 Å². The van der Waals surface area contributed by atoms with Crippen LogP contribution < -0.4 is 9.64 Å². The number of aryl methyl sites for hydroxylation is 2. The summed E-state index contributed by atoms with van der Waals surface area (Å²) in [4.78, 5) is 15.1. The summed E-state index contributed by atoms with van der Waals surface area (Å²) in [7, 11) is 0. The van der Waals surface area contributed by atoms with Crippen LogP contribution in [0.15, 0.2) is 80.0 Å². The predicted octanol–water partition coefficient (Wildman–Crippen LogP) is 8.99. The van der Waals surface area contributed by atoms with Crippen molar-refractivity contribution in [3.05, 3.63) is 96.7 Å². The molecule has 1 aliphatic rings. The van der Waals surface area contributed by atoms with Crippen LogP contribution in [0.1, 0.15) is 70.3 Å². The molecule has 8 nitrogen and oxygen atoms in total. The standard InChI is InChI=1S/C41H51N3O5/c1-10-21-48-41(9)17-19-43(20-18-41)37-34-24-33(42-44(34)25-29(5)36(37)38(39(45)46)49-40(6,7)8)31-14-12-13-30(23-31)32-22-28(4)15-16-35(32)47-26-27(3)11-2/h10-16,22-25,27,38H,1-2,17-21,26H2,3-9H3,(H,45,46). The van der Waals surface area contributed by atoms with Crippen LogP contribution in [0.5, 0.6) is 5.75 Å². The van der Waals surface area contributed by atoms with E-state index in [1.54, 1.807) is 6.08 Å². The second kappa shape index (κ2) is 14.6. The number of carboxylic acid groups (broad SMARTS) is 1. The summed E-state index contributed by atoms with van der Waals surface area (Å²) in [5.74, 6) is 0.0245. The lowest BCUT2D eigenvalue weighted by Crippen LogP contribution is -2.45. The third-order valence-corrected chi connectivity index (χ3v) is 9.13. The summed E-state index contributed by atoms with van der Waals surface area (Å²) >= 11 is 0. The van der Waals surface area contributed by atoms with Crippen LogP contribution in [0, 0.1) is 19.8 Å². The van der Waals surface area contributed by atoms with Gasteiger partial charge in [0.2, 0.25) is 0 Å². The van der Waals surface area contributed by atoms with Gasteiger partial charge in [0.1, 0.15) is 5.75 Å². The zero-order chi connectivity index (χ0) is 35.5. The highest BCUT2D eigenvalue weighted by Crippen LogP contribution is 2.42. The summed E-state index contributed by atoms with van der Waals surface area (Å²) in [6.45, 7) is 24.0. The van der Waals surface area contributed by atoms with Gasteiger partial charge < -0.3 is 24.2 Å². The number of aliphatic carboxylic acids is 1. The normalized spacial score (nSPS) is 15.9. The number of anilines is 1. The molecule has 1 N–H and O–H groups in total. The molecule has 0 spiro atoms. The smallest absolute Gasteiger partial charge is 0.337 e. The third-order valence-electron chi connectivity index (χ3n) is 9.13. The molecule has 5 rings (SSSR count). The minimum atomic E-state index is -1.16. The van der Waals surface area contributed by atoms with E-state index < -0.39 is 17.7 Å². The Labute approximate surface area is 291 Å². The number of carbonyl (C=O) groups is 1. The highest BCUT2D eigenvalue weighted by Gasteiger charge is 2.37. The van der Waals surface area contributed by atoms with Gasteiger partial charge >= 0.3 is 5.97 Å². The number of benzene rings is 2. The van der Waals surface area contributed by atoms with Gasteiger partial charge in [-0.1, -0.05) is 48.9 Å². The van der Waals surface area contributed by atoms with Gasteiger partial charge in [-0.3, -0.25) is 0 Å². The molecule has 4 aromatic rings. The van der Waals surface area contributed by atoms with Gasteiger partial charge in [0.25, 0.3) is 0 Å². The van der Waals surface area contributed by atoms with Crippen LogP contribution in [0.3, 0.4) is 0 Å². The van der Waals surface area contributed by atoms with E-state index in [2.05, 4.69) is 75.2 Å². The molecule has 0 aliphatic carbocycles. The fraction of sp³-hybridized carbons (Fsp3) is 0.415. The van der Waals surface area contributed by atoms with E-state index in [1.807, 2.05) is 56.6 Å². The molecule has 2 aromatic carbocycles. The van der Waals surface area contributed by atoms with Gasteiger partial charge in [-0.25, -0.2) is 9.31 Å². The second-order valence-corrected chi connectivity index (χ2v) is 14.5. The van der Waals surface area contributed by atoms with E-state index in [9.17, 15) is 9.90 Å². The van der Waals surface area contributed by atoms with Crippen LogP contribution >= 0.6 is 0 Å². The summed E-state index contributed by atoms with van der Waals surface area (Å²) in [6, 6.07) is 16.6. The molecular formula is C41H51N3O5.